The first-order chi connectivity index (χ1) is 8.84. The van der Waals surface area contributed by atoms with E-state index in [4.69, 9.17) is 5.73 Å². The number of nitrogens with two attached hydrogens (primary N) is 1. The number of hydrogen-bond acceptors (Lipinski definition) is 2. The SMILES string of the molecule is Nc1cn(-c2ccccc2)c(-c2ccccc2)n1. The largest absolute Gasteiger partial charge is 0.382 e. The molecule has 1 heterocycles. The van der Waals surface area contributed by atoms with E-state index < -0.39 is 0 Å². The minimum Gasteiger partial charge on any atom is -0.382 e. The van der Waals surface area contributed by atoms with Gasteiger partial charge in [0.05, 0.1) is 6.20 Å². The van der Waals surface area contributed by atoms with E-state index in [1.54, 1.807) is 0 Å². The van der Waals surface area contributed by atoms with Gasteiger partial charge in [0.15, 0.2) is 0 Å². The molecular weight excluding hydrogens is 222 g/mol. The molecule has 3 rings (SSSR count). The minimum atomic E-state index is 0.526. The third kappa shape index (κ3) is 1.86. The summed E-state index contributed by atoms with van der Waals surface area (Å²) in [7, 11) is 0. The first kappa shape index (κ1) is 10.6. The molecule has 0 atom stereocenters. The lowest BCUT2D eigenvalue weighted by Gasteiger charge is -2.07. The molecule has 2 aromatic carbocycles. The second-order valence-corrected chi connectivity index (χ2v) is 4.06. The zero-order valence-corrected chi connectivity index (χ0v) is 9.82. The normalized spacial score (nSPS) is 10.4. The summed E-state index contributed by atoms with van der Waals surface area (Å²) in [6.45, 7) is 0. The number of para-hydroxylation sites is 1. The average molecular weight is 235 g/mol. The lowest BCUT2D eigenvalue weighted by atomic mass is 10.2. The molecule has 0 spiro atoms. The Labute approximate surface area is 106 Å². The molecule has 0 amide bonds. The smallest absolute Gasteiger partial charge is 0.147 e. The first-order valence-electron chi connectivity index (χ1n) is 5.80. The van der Waals surface area contributed by atoms with Gasteiger partial charge in [-0.15, -0.1) is 0 Å². The minimum absolute atomic E-state index is 0.526. The maximum Gasteiger partial charge on any atom is 0.147 e. The number of anilines is 1. The Kier molecular flexibility index (Phi) is 2.57. The van der Waals surface area contributed by atoms with Crippen LogP contribution in [-0.2, 0) is 0 Å². The van der Waals surface area contributed by atoms with Gasteiger partial charge in [0.1, 0.15) is 11.6 Å². The van der Waals surface area contributed by atoms with Gasteiger partial charge in [-0.2, -0.15) is 0 Å². The van der Waals surface area contributed by atoms with Gasteiger partial charge < -0.3 is 5.73 Å². The van der Waals surface area contributed by atoms with Gasteiger partial charge in [-0.3, -0.25) is 4.57 Å². The molecular formula is C15H13N3. The van der Waals surface area contributed by atoms with Gasteiger partial charge in [-0.1, -0.05) is 48.5 Å². The molecule has 3 nitrogen and oxygen atoms in total. The fourth-order valence-electron chi connectivity index (χ4n) is 1.97. The summed E-state index contributed by atoms with van der Waals surface area (Å²) < 4.78 is 2.00. The molecule has 0 aliphatic carbocycles. The van der Waals surface area contributed by atoms with Gasteiger partial charge in [-0.05, 0) is 12.1 Å². The maximum atomic E-state index is 5.82. The number of benzene rings is 2. The monoisotopic (exact) mass is 235 g/mol. The fraction of sp³-hybridized carbons (Fsp3) is 0. The molecule has 0 fully saturated rings. The highest BCUT2D eigenvalue weighted by molar-refractivity contribution is 5.61. The van der Waals surface area contributed by atoms with Crippen LogP contribution in [-0.4, -0.2) is 9.55 Å². The second-order valence-electron chi connectivity index (χ2n) is 4.06. The molecule has 1 aromatic heterocycles. The molecule has 0 saturated heterocycles. The Morgan fingerprint density at radius 2 is 1.44 bits per heavy atom. The summed E-state index contributed by atoms with van der Waals surface area (Å²) >= 11 is 0. The molecule has 2 N–H and O–H groups in total. The van der Waals surface area contributed by atoms with Crippen molar-refractivity contribution < 1.29 is 0 Å². The highest BCUT2D eigenvalue weighted by Crippen LogP contribution is 2.23. The van der Waals surface area contributed by atoms with Crippen LogP contribution < -0.4 is 5.73 Å². The van der Waals surface area contributed by atoms with Crippen molar-refractivity contribution in [2.45, 2.75) is 0 Å². The summed E-state index contributed by atoms with van der Waals surface area (Å²) in [6.07, 6.45) is 1.84. The molecule has 0 unspecified atom stereocenters. The van der Waals surface area contributed by atoms with Crippen LogP contribution in [0, 0.1) is 0 Å². The van der Waals surface area contributed by atoms with E-state index in [2.05, 4.69) is 4.98 Å². The Balaban J connectivity index is 2.17. The van der Waals surface area contributed by atoms with Crippen LogP contribution in [0.3, 0.4) is 0 Å². The lowest BCUT2D eigenvalue weighted by molar-refractivity contribution is 1.07. The van der Waals surface area contributed by atoms with E-state index in [-0.39, 0.29) is 0 Å². The molecule has 88 valence electrons. The summed E-state index contributed by atoms with van der Waals surface area (Å²) in [4.78, 5) is 4.40. The molecule has 0 saturated carbocycles. The Hall–Kier alpha value is -2.55. The van der Waals surface area contributed by atoms with Crippen molar-refractivity contribution in [3.63, 3.8) is 0 Å². The van der Waals surface area contributed by atoms with Gasteiger partial charge in [-0.25, -0.2) is 4.98 Å². The number of nitrogen functional groups attached to an aromatic ring is 1. The van der Waals surface area contributed by atoms with E-state index in [0.717, 1.165) is 17.1 Å². The molecule has 0 aliphatic rings. The van der Waals surface area contributed by atoms with Gasteiger partial charge in [0.25, 0.3) is 0 Å². The molecule has 0 aliphatic heterocycles. The van der Waals surface area contributed by atoms with Crippen LogP contribution in [0.4, 0.5) is 5.82 Å². The molecule has 3 heteroatoms. The van der Waals surface area contributed by atoms with Gasteiger partial charge in [0, 0.05) is 11.3 Å². The van der Waals surface area contributed by atoms with E-state index in [1.807, 2.05) is 71.4 Å². The molecule has 0 bridgehead atoms. The highest BCUT2D eigenvalue weighted by atomic mass is 15.1. The van der Waals surface area contributed by atoms with Crippen molar-refractivity contribution in [1.82, 2.24) is 9.55 Å². The molecule has 18 heavy (non-hydrogen) atoms. The summed E-state index contributed by atoms with van der Waals surface area (Å²) in [5.41, 5.74) is 7.93. The highest BCUT2D eigenvalue weighted by Gasteiger charge is 2.09. The summed E-state index contributed by atoms with van der Waals surface area (Å²) in [5.74, 6) is 1.39. The Bertz CT molecular complexity index is 585. The summed E-state index contributed by atoms with van der Waals surface area (Å²) in [5, 5.41) is 0. The van der Waals surface area contributed by atoms with Crippen molar-refractivity contribution in [1.29, 1.82) is 0 Å². The quantitative estimate of drug-likeness (QED) is 0.741. The number of rotatable bonds is 2. The van der Waals surface area contributed by atoms with E-state index in [1.165, 1.54) is 0 Å². The van der Waals surface area contributed by atoms with Gasteiger partial charge in [0.2, 0.25) is 0 Å². The van der Waals surface area contributed by atoms with Crippen molar-refractivity contribution in [2.24, 2.45) is 0 Å². The van der Waals surface area contributed by atoms with Gasteiger partial charge >= 0.3 is 0 Å². The van der Waals surface area contributed by atoms with E-state index >= 15 is 0 Å². The number of aromatic nitrogens is 2. The average Bonchev–Trinajstić information content (AvgIpc) is 2.83. The van der Waals surface area contributed by atoms with Crippen molar-refractivity contribution >= 4 is 5.82 Å². The van der Waals surface area contributed by atoms with Crippen LogP contribution in [0.2, 0.25) is 0 Å². The Morgan fingerprint density at radius 1 is 0.833 bits per heavy atom. The third-order valence-corrected chi connectivity index (χ3v) is 2.79. The number of nitrogens with zero attached hydrogens (tertiary/aromatic N) is 2. The van der Waals surface area contributed by atoms with Crippen LogP contribution in [0.1, 0.15) is 0 Å². The van der Waals surface area contributed by atoms with Crippen LogP contribution in [0.5, 0.6) is 0 Å². The second kappa shape index (κ2) is 4.37. The molecule has 3 aromatic rings. The first-order valence-corrected chi connectivity index (χ1v) is 5.80. The number of imidazole rings is 1. The van der Waals surface area contributed by atoms with E-state index in [9.17, 15) is 0 Å². The predicted octanol–water partition coefficient (Wildman–Crippen LogP) is 3.12. The lowest BCUT2D eigenvalue weighted by Crippen LogP contribution is -1.95. The van der Waals surface area contributed by atoms with E-state index in [0.29, 0.717) is 5.82 Å². The maximum absolute atomic E-state index is 5.82. The van der Waals surface area contributed by atoms with Crippen LogP contribution >= 0.6 is 0 Å². The Morgan fingerprint density at radius 3 is 2.11 bits per heavy atom. The zero-order valence-electron chi connectivity index (χ0n) is 9.82. The predicted molar refractivity (Wildman–Crippen MR) is 73.4 cm³/mol. The fourth-order valence-corrected chi connectivity index (χ4v) is 1.97. The van der Waals surface area contributed by atoms with Crippen LogP contribution in [0.15, 0.2) is 66.9 Å². The van der Waals surface area contributed by atoms with Crippen molar-refractivity contribution in [3.05, 3.63) is 66.9 Å². The van der Waals surface area contributed by atoms with Crippen molar-refractivity contribution in [3.8, 4) is 17.1 Å². The topological polar surface area (TPSA) is 43.8 Å². The zero-order chi connectivity index (χ0) is 12.4. The van der Waals surface area contributed by atoms with Crippen LogP contribution in [0.25, 0.3) is 17.1 Å². The summed E-state index contributed by atoms with van der Waals surface area (Å²) in [6, 6.07) is 20.1. The number of hydrogen-bond donors (Lipinski definition) is 1. The van der Waals surface area contributed by atoms with Crippen molar-refractivity contribution in [2.75, 3.05) is 5.73 Å². The molecule has 0 radical (unpaired) electrons. The standard InChI is InChI=1S/C15H13N3/c16-14-11-18(13-9-5-2-6-10-13)15(17-14)12-7-3-1-4-8-12/h1-11H,16H2. The third-order valence-electron chi connectivity index (χ3n) is 2.79.